The summed E-state index contributed by atoms with van der Waals surface area (Å²) in [7, 11) is 0. The second kappa shape index (κ2) is 6.88. The lowest BCUT2D eigenvalue weighted by Gasteiger charge is -2.15. The van der Waals surface area contributed by atoms with Crippen molar-refractivity contribution in [2.75, 3.05) is 0 Å². The van der Waals surface area contributed by atoms with Crippen LogP contribution in [0.3, 0.4) is 0 Å². The number of nitrogens with one attached hydrogen (secondary N) is 1. The van der Waals surface area contributed by atoms with Crippen molar-refractivity contribution in [3.05, 3.63) is 35.4 Å². The highest BCUT2D eigenvalue weighted by Crippen LogP contribution is 2.29. The zero-order valence-corrected chi connectivity index (χ0v) is 11.3. The van der Waals surface area contributed by atoms with Crippen LogP contribution in [0.15, 0.2) is 24.3 Å². The van der Waals surface area contributed by atoms with Crippen LogP contribution in [0.2, 0.25) is 0 Å². The number of carbonyl (C=O) groups excluding carboxylic acids is 1. The molecule has 1 atom stereocenters. The van der Waals surface area contributed by atoms with Gasteiger partial charge < -0.3 is 10.4 Å². The number of carboxylic acid groups (broad SMARTS) is 1. The summed E-state index contributed by atoms with van der Waals surface area (Å²) in [5.74, 6) is -4.06. The Morgan fingerprint density at radius 3 is 1.96 bits per heavy atom. The first-order valence-corrected chi connectivity index (χ1v) is 6.18. The van der Waals surface area contributed by atoms with Crippen LogP contribution >= 0.6 is 0 Å². The lowest BCUT2D eigenvalue weighted by molar-refractivity contribution is -0.175. The fourth-order valence-corrected chi connectivity index (χ4v) is 1.67. The molecule has 23 heavy (non-hydrogen) atoms. The van der Waals surface area contributed by atoms with Crippen molar-refractivity contribution in [1.82, 2.24) is 5.32 Å². The molecule has 0 saturated heterocycles. The van der Waals surface area contributed by atoms with Gasteiger partial charge in [-0.3, -0.25) is 4.79 Å². The summed E-state index contributed by atoms with van der Waals surface area (Å²) in [6.07, 6.45) is -10.3. The molecule has 1 rings (SSSR count). The maximum Gasteiger partial charge on any atom is 0.471 e. The van der Waals surface area contributed by atoms with Crippen LogP contribution < -0.4 is 5.32 Å². The molecule has 0 heterocycles. The van der Waals surface area contributed by atoms with Crippen molar-refractivity contribution < 1.29 is 41.0 Å². The minimum Gasteiger partial charge on any atom is -0.480 e. The Hall–Kier alpha value is -2.26. The molecule has 0 aliphatic carbocycles. The molecule has 1 amide bonds. The summed E-state index contributed by atoms with van der Waals surface area (Å²) in [4.78, 5) is 21.6. The maximum absolute atomic E-state index is 12.4. The van der Waals surface area contributed by atoms with Gasteiger partial charge in [-0.1, -0.05) is 12.1 Å². The minimum absolute atomic E-state index is 0.118. The number of carbonyl (C=O) groups is 2. The quantitative estimate of drug-likeness (QED) is 0.808. The van der Waals surface area contributed by atoms with Gasteiger partial charge in [-0.25, -0.2) is 4.79 Å². The fraction of sp³-hybridized carbons (Fsp3) is 0.385. The lowest BCUT2D eigenvalue weighted by atomic mass is 10.0. The smallest absolute Gasteiger partial charge is 0.471 e. The molecule has 0 radical (unpaired) electrons. The van der Waals surface area contributed by atoms with E-state index in [0.717, 1.165) is 24.3 Å². The summed E-state index contributed by atoms with van der Waals surface area (Å²) in [6, 6.07) is 1.94. The lowest BCUT2D eigenvalue weighted by Crippen LogP contribution is -2.47. The minimum atomic E-state index is -5.22. The highest BCUT2D eigenvalue weighted by atomic mass is 19.4. The van der Waals surface area contributed by atoms with E-state index in [2.05, 4.69) is 0 Å². The van der Waals surface area contributed by atoms with Crippen molar-refractivity contribution in [3.63, 3.8) is 0 Å². The van der Waals surface area contributed by atoms with Crippen LogP contribution in [0, 0.1) is 0 Å². The van der Waals surface area contributed by atoms with E-state index in [1.807, 2.05) is 0 Å². The van der Waals surface area contributed by atoms with Gasteiger partial charge in [-0.15, -0.1) is 0 Å². The van der Waals surface area contributed by atoms with E-state index in [-0.39, 0.29) is 6.42 Å². The van der Waals surface area contributed by atoms with E-state index < -0.39 is 42.3 Å². The van der Waals surface area contributed by atoms with Crippen LogP contribution in [0.4, 0.5) is 26.3 Å². The van der Waals surface area contributed by atoms with E-state index >= 15 is 0 Å². The number of hydrogen-bond donors (Lipinski definition) is 2. The summed E-state index contributed by atoms with van der Waals surface area (Å²) in [5.41, 5.74) is -0.605. The molecule has 1 unspecified atom stereocenters. The average Bonchev–Trinajstić information content (AvgIpc) is 2.41. The summed E-state index contributed by atoms with van der Waals surface area (Å²) >= 11 is 0. The average molecular weight is 343 g/mol. The molecule has 0 aliphatic rings. The second-order valence-corrected chi connectivity index (χ2v) is 4.60. The summed E-state index contributed by atoms with van der Waals surface area (Å²) in [6.45, 7) is 0. The number of amides is 1. The Morgan fingerprint density at radius 1 is 1.04 bits per heavy atom. The predicted octanol–water partition coefficient (Wildman–Crippen LogP) is 2.77. The molecule has 0 aromatic heterocycles. The zero-order valence-electron chi connectivity index (χ0n) is 11.3. The Labute approximate surface area is 126 Å². The van der Waals surface area contributed by atoms with Crippen molar-refractivity contribution in [3.8, 4) is 0 Å². The molecular formula is C13H11F6NO3. The van der Waals surface area contributed by atoms with Crippen LogP contribution in [-0.4, -0.2) is 29.2 Å². The molecule has 0 saturated carbocycles. The first-order chi connectivity index (χ1) is 10.4. The number of benzene rings is 1. The monoisotopic (exact) mass is 343 g/mol. The Kier molecular flexibility index (Phi) is 5.62. The number of alkyl halides is 6. The standard InChI is InChI=1S/C13H11F6NO3/c14-12(15,16)8-4-1-7(2-5-8)3-6-9(10(21)22)20-11(23)13(17,18)19/h1-2,4-5,9H,3,6H2,(H,20,23)(H,21,22). The van der Waals surface area contributed by atoms with Gasteiger partial charge in [0, 0.05) is 0 Å². The van der Waals surface area contributed by atoms with Crippen molar-refractivity contribution in [2.45, 2.75) is 31.2 Å². The molecule has 4 nitrogen and oxygen atoms in total. The van der Waals surface area contributed by atoms with Crippen molar-refractivity contribution in [2.24, 2.45) is 0 Å². The number of aryl methyl sites for hydroxylation is 1. The van der Waals surface area contributed by atoms with Crippen LogP contribution in [0.1, 0.15) is 17.5 Å². The van der Waals surface area contributed by atoms with Crippen molar-refractivity contribution >= 4 is 11.9 Å². The van der Waals surface area contributed by atoms with Crippen LogP contribution in [0.25, 0.3) is 0 Å². The predicted molar refractivity (Wildman–Crippen MR) is 65.4 cm³/mol. The number of hydrogen-bond acceptors (Lipinski definition) is 2. The Morgan fingerprint density at radius 2 is 1.57 bits per heavy atom. The van der Waals surface area contributed by atoms with Gasteiger partial charge in [0.2, 0.25) is 0 Å². The van der Waals surface area contributed by atoms with Gasteiger partial charge in [-0.2, -0.15) is 26.3 Å². The highest BCUT2D eigenvalue weighted by Gasteiger charge is 2.40. The molecule has 0 spiro atoms. The number of halogens is 6. The Bertz CT molecular complexity index is 565. The third kappa shape index (κ3) is 5.80. The van der Waals surface area contributed by atoms with E-state index in [4.69, 9.17) is 5.11 Å². The van der Waals surface area contributed by atoms with E-state index in [1.165, 1.54) is 5.32 Å². The van der Waals surface area contributed by atoms with Gasteiger partial charge in [-0.05, 0) is 30.5 Å². The third-order valence-electron chi connectivity index (χ3n) is 2.86. The van der Waals surface area contributed by atoms with Crippen LogP contribution in [-0.2, 0) is 22.2 Å². The molecular weight excluding hydrogens is 332 g/mol. The summed E-state index contributed by atoms with van der Waals surface area (Å²) in [5, 5.41) is 10.1. The first kappa shape index (κ1) is 18.8. The molecule has 10 heteroatoms. The molecule has 2 N–H and O–H groups in total. The normalized spacial score (nSPS) is 13.5. The Balaban J connectivity index is 2.69. The van der Waals surface area contributed by atoms with E-state index in [1.54, 1.807) is 0 Å². The summed E-state index contributed by atoms with van der Waals surface area (Å²) < 4.78 is 73.3. The van der Waals surface area contributed by atoms with Gasteiger partial charge >= 0.3 is 24.2 Å². The molecule has 1 aromatic rings. The largest absolute Gasteiger partial charge is 0.480 e. The van der Waals surface area contributed by atoms with Gasteiger partial charge in [0.05, 0.1) is 5.56 Å². The number of carboxylic acids is 1. The molecule has 0 bridgehead atoms. The molecule has 128 valence electrons. The van der Waals surface area contributed by atoms with Crippen LogP contribution in [0.5, 0.6) is 0 Å². The zero-order chi connectivity index (χ0) is 17.8. The number of rotatable bonds is 5. The van der Waals surface area contributed by atoms with E-state index in [0.29, 0.717) is 5.56 Å². The first-order valence-electron chi connectivity index (χ1n) is 6.18. The fourth-order valence-electron chi connectivity index (χ4n) is 1.67. The molecule has 0 fully saturated rings. The van der Waals surface area contributed by atoms with Crippen molar-refractivity contribution in [1.29, 1.82) is 0 Å². The second-order valence-electron chi connectivity index (χ2n) is 4.60. The number of aliphatic carboxylic acids is 1. The highest BCUT2D eigenvalue weighted by molar-refractivity contribution is 5.86. The van der Waals surface area contributed by atoms with Gasteiger partial charge in [0.1, 0.15) is 6.04 Å². The molecule has 1 aromatic carbocycles. The topological polar surface area (TPSA) is 66.4 Å². The van der Waals surface area contributed by atoms with Gasteiger partial charge in [0.15, 0.2) is 0 Å². The van der Waals surface area contributed by atoms with Gasteiger partial charge in [0.25, 0.3) is 0 Å². The maximum atomic E-state index is 12.4. The van der Waals surface area contributed by atoms with E-state index in [9.17, 15) is 35.9 Å². The third-order valence-corrected chi connectivity index (χ3v) is 2.86. The SMILES string of the molecule is O=C(O)C(CCc1ccc(C(F)(F)F)cc1)NC(=O)C(F)(F)F. The molecule has 0 aliphatic heterocycles.